The molecule has 0 saturated carbocycles. The second-order valence-corrected chi connectivity index (χ2v) is 7.62. The van der Waals surface area contributed by atoms with Gasteiger partial charge in [-0.3, -0.25) is 0 Å². The lowest BCUT2D eigenvalue weighted by Gasteiger charge is -2.11. The van der Waals surface area contributed by atoms with Crippen molar-refractivity contribution in [3.05, 3.63) is 57.5 Å². The molecule has 0 atom stereocenters. The largest absolute Gasteiger partial charge is 0.380 e. The minimum Gasteiger partial charge on any atom is -0.380 e. The third kappa shape index (κ3) is 3.75. The number of rotatable bonds is 4. The zero-order valence-corrected chi connectivity index (χ0v) is 13.9. The molecular formula is C14H13BrClNO2S. The lowest BCUT2D eigenvalue weighted by molar-refractivity contribution is 0.602. The van der Waals surface area contributed by atoms with Crippen LogP contribution in [0.5, 0.6) is 0 Å². The molecule has 1 N–H and O–H groups in total. The molecule has 0 heterocycles. The first-order valence-corrected chi connectivity index (χ1v) is 8.91. The number of nitrogens with one attached hydrogen (secondary N) is 1. The van der Waals surface area contributed by atoms with Gasteiger partial charge in [0.25, 0.3) is 0 Å². The van der Waals surface area contributed by atoms with Gasteiger partial charge in [0.2, 0.25) is 0 Å². The van der Waals surface area contributed by atoms with E-state index in [9.17, 15) is 8.42 Å². The van der Waals surface area contributed by atoms with E-state index >= 15 is 0 Å². The molecule has 2 aromatic carbocycles. The van der Waals surface area contributed by atoms with Crippen molar-refractivity contribution in [1.82, 2.24) is 0 Å². The zero-order chi connectivity index (χ0) is 14.8. The second kappa shape index (κ2) is 6.16. The predicted molar refractivity (Wildman–Crippen MR) is 86.0 cm³/mol. The Hall–Kier alpha value is -1.04. The van der Waals surface area contributed by atoms with Gasteiger partial charge >= 0.3 is 0 Å². The summed E-state index contributed by atoms with van der Waals surface area (Å²) < 4.78 is 24.2. The summed E-state index contributed by atoms with van der Waals surface area (Å²) in [5.41, 5.74) is 1.60. The van der Waals surface area contributed by atoms with Crippen LogP contribution < -0.4 is 5.32 Å². The first kappa shape index (κ1) is 15.4. The molecule has 0 bridgehead atoms. The van der Waals surface area contributed by atoms with Crippen LogP contribution in [0.4, 0.5) is 5.69 Å². The highest BCUT2D eigenvalue weighted by atomic mass is 79.9. The van der Waals surface area contributed by atoms with Gasteiger partial charge in [-0.1, -0.05) is 29.8 Å². The molecule has 0 saturated heterocycles. The number of para-hydroxylation sites is 1. The fourth-order valence-corrected chi connectivity index (χ4v) is 3.19. The van der Waals surface area contributed by atoms with Crippen LogP contribution in [0.25, 0.3) is 0 Å². The molecular weight excluding hydrogens is 362 g/mol. The summed E-state index contributed by atoms with van der Waals surface area (Å²) in [7, 11) is -3.25. The van der Waals surface area contributed by atoms with Crippen LogP contribution in [-0.4, -0.2) is 14.7 Å². The van der Waals surface area contributed by atoms with Gasteiger partial charge in [0.05, 0.1) is 15.6 Å². The highest BCUT2D eigenvalue weighted by molar-refractivity contribution is 9.10. The molecule has 106 valence electrons. The standard InChI is InChI=1S/C14H13BrClNO2S/c1-20(18,19)14-5-3-2-4-13(14)17-9-10-6-7-12(16)11(15)8-10/h2-8,17H,9H2,1H3. The lowest BCUT2D eigenvalue weighted by Crippen LogP contribution is -2.06. The molecule has 0 aliphatic heterocycles. The molecule has 2 rings (SSSR count). The first-order chi connectivity index (χ1) is 9.38. The summed E-state index contributed by atoms with van der Waals surface area (Å²) in [5, 5.41) is 3.78. The Labute approximate surface area is 132 Å². The number of hydrogen-bond donors (Lipinski definition) is 1. The molecule has 0 aliphatic rings. The summed E-state index contributed by atoms with van der Waals surface area (Å²) in [4.78, 5) is 0.299. The Balaban J connectivity index is 2.21. The normalized spacial score (nSPS) is 11.3. The average Bonchev–Trinajstić information content (AvgIpc) is 2.39. The van der Waals surface area contributed by atoms with Crippen molar-refractivity contribution in [3.63, 3.8) is 0 Å². The van der Waals surface area contributed by atoms with Crippen LogP contribution in [0.3, 0.4) is 0 Å². The average molecular weight is 375 g/mol. The van der Waals surface area contributed by atoms with Gasteiger partial charge in [0.1, 0.15) is 0 Å². The predicted octanol–water partition coefficient (Wildman–Crippen LogP) is 4.12. The number of sulfone groups is 1. The highest BCUT2D eigenvalue weighted by Gasteiger charge is 2.12. The van der Waals surface area contributed by atoms with Gasteiger partial charge in [-0.2, -0.15) is 0 Å². The van der Waals surface area contributed by atoms with Gasteiger partial charge in [0, 0.05) is 17.3 Å². The summed E-state index contributed by atoms with van der Waals surface area (Å²) in [5.74, 6) is 0. The maximum absolute atomic E-state index is 11.7. The van der Waals surface area contributed by atoms with Crippen molar-refractivity contribution < 1.29 is 8.42 Å². The lowest BCUT2D eigenvalue weighted by atomic mass is 10.2. The molecule has 0 unspecified atom stereocenters. The maximum Gasteiger partial charge on any atom is 0.177 e. The molecule has 0 aliphatic carbocycles. The third-order valence-electron chi connectivity index (χ3n) is 2.75. The Morgan fingerprint density at radius 2 is 1.90 bits per heavy atom. The van der Waals surface area contributed by atoms with Crippen molar-refractivity contribution in [3.8, 4) is 0 Å². The van der Waals surface area contributed by atoms with Crippen LogP contribution >= 0.6 is 27.5 Å². The van der Waals surface area contributed by atoms with E-state index in [1.807, 2.05) is 12.1 Å². The fraction of sp³-hybridized carbons (Fsp3) is 0.143. The minimum absolute atomic E-state index is 0.299. The topological polar surface area (TPSA) is 46.2 Å². The third-order valence-corrected chi connectivity index (χ3v) is 5.12. The Morgan fingerprint density at radius 1 is 1.20 bits per heavy atom. The van der Waals surface area contributed by atoms with Crippen LogP contribution in [0, 0.1) is 0 Å². The first-order valence-electron chi connectivity index (χ1n) is 5.85. The monoisotopic (exact) mass is 373 g/mol. The molecule has 20 heavy (non-hydrogen) atoms. The molecule has 0 fully saturated rings. The number of anilines is 1. The second-order valence-electron chi connectivity index (χ2n) is 4.37. The van der Waals surface area contributed by atoms with E-state index in [2.05, 4.69) is 21.2 Å². The van der Waals surface area contributed by atoms with Crippen molar-refractivity contribution in [2.45, 2.75) is 11.4 Å². The van der Waals surface area contributed by atoms with Crippen molar-refractivity contribution >= 4 is 43.1 Å². The van der Waals surface area contributed by atoms with Gasteiger partial charge in [-0.25, -0.2) is 8.42 Å². The number of hydrogen-bond acceptors (Lipinski definition) is 3. The van der Waals surface area contributed by atoms with E-state index < -0.39 is 9.84 Å². The highest BCUT2D eigenvalue weighted by Crippen LogP contribution is 2.25. The van der Waals surface area contributed by atoms with E-state index in [0.717, 1.165) is 10.0 Å². The van der Waals surface area contributed by atoms with E-state index in [-0.39, 0.29) is 0 Å². The quantitative estimate of drug-likeness (QED) is 0.875. The van der Waals surface area contributed by atoms with Crippen LogP contribution in [0.2, 0.25) is 5.02 Å². The smallest absolute Gasteiger partial charge is 0.177 e. The summed E-state index contributed by atoms with van der Waals surface area (Å²) in [6, 6.07) is 12.4. The molecule has 0 radical (unpaired) electrons. The summed E-state index contributed by atoms with van der Waals surface area (Å²) in [6.07, 6.45) is 1.20. The molecule has 2 aromatic rings. The minimum atomic E-state index is -3.25. The molecule has 6 heteroatoms. The van der Waals surface area contributed by atoms with Crippen LogP contribution in [0.15, 0.2) is 51.8 Å². The van der Waals surface area contributed by atoms with E-state index in [4.69, 9.17) is 11.6 Å². The molecule has 0 aromatic heterocycles. The summed E-state index contributed by atoms with van der Waals surface area (Å²) >= 11 is 9.30. The van der Waals surface area contributed by atoms with Crippen molar-refractivity contribution in [1.29, 1.82) is 0 Å². The van der Waals surface area contributed by atoms with E-state index in [0.29, 0.717) is 22.2 Å². The Kier molecular flexibility index (Phi) is 4.73. The van der Waals surface area contributed by atoms with Crippen LogP contribution in [0.1, 0.15) is 5.56 Å². The van der Waals surface area contributed by atoms with Crippen molar-refractivity contribution in [2.24, 2.45) is 0 Å². The zero-order valence-electron chi connectivity index (χ0n) is 10.7. The molecule has 0 spiro atoms. The van der Waals surface area contributed by atoms with Gasteiger partial charge in [-0.05, 0) is 45.8 Å². The van der Waals surface area contributed by atoms with Crippen LogP contribution in [-0.2, 0) is 16.4 Å². The Morgan fingerprint density at radius 3 is 2.55 bits per heavy atom. The maximum atomic E-state index is 11.7. The molecule has 0 amide bonds. The Bertz CT molecular complexity index is 732. The van der Waals surface area contributed by atoms with E-state index in [1.54, 1.807) is 30.3 Å². The SMILES string of the molecule is CS(=O)(=O)c1ccccc1NCc1ccc(Cl)c(Br)c1. The van der Waals surface area contributed by atoms with Gasteiger partial charge in [0.15, 0.2) is 9.84 Å². The van der Waals surface area contributed by atoms with E-state index in [1.165, 1.54) is 6.26 Å². The summed E-state index contributed by atoms with van der Waals surface area (Å²) in [6.45, 7) is 0.516. The molecule has 3 nitrogen and oxygen atoms in total. The van der Waals surface area contributed by atoms with Gasteiger partial charge in [-0.15, -0.1) is 0 Å². The number of halogens is 2. The number of benzene rings is 2. The van der Waals surface area contributed by atoms with Crippen molar-refractivity contribution in [2.75, 3.05) is 11.6 Å². The fourth-order valence-electron chi connectivity index (χ4n) is 1.78. The van der Waals surface area contributed by atoms with Gasteiger partial charge < -0.3 is 5.32 Å².